The topological polar surface area (TPSA) is 101 Å². The second-order valence-electron chi connectivity index (χ2n) is 5.32. The van der Waals surface area contributed by atoms with Crippen LogP contribution in [0.2, 0.25) is 0 Å². The van der Waals surface area contributed by atoms with Gasteiger partial charge in [0.05, 0.1) is 17.2 Å². The normalized spacial score (nSPS) is 11.6. The Kier molecular flexibility index (Phi) is 5.05. The Hall–Kier alpha value is -1.69. The van der Waals surface area contributed by atoms with Gasteiger partial charge in [-0.15, -0.1) is 0 Å². The van der Waals surface area contributed by atoms with E-state index in [4.69, 9.17) is 11.1 Å². The van der Waals surface area contributed by atoms with Crippen LogP contribution < -0.4 is 5.73 Å². The van der Waals surface area contributed by atoms with E-state index in [9.17, 15) is 13.2 Å². The Labute approximate surface area is 119 Å². The number of ketones is 1. The third-order valence-electron chi connectivity index (χ3n) is 2.77. The average Bonchev–Trinajstić information content (AvgIpc) is 2.26. The monoisotopic (exact) mass is 296 g/mol. The lowest BCUT2D eigenvalue weighted by molar-refractivity contribution is 0.1000. The maximum absolute atomic E-state index is 11.9. The van der Waals surface area contributed by atoms with Crippen molar-refractivity contribution in [3.8, 4) is 0 Å². The smallest absolute Gasteiger partial charge is 0.175 e. The third-order valence-corrected chi connectivity index (χ3v) is 3.95. The summed E-state index contributed by atoms with van der Waals surface area (Å²) in [5.74, 6) is -0.269. The van der Waals surface area contributed by atoms with Crippen LogP contribution in [-0.4, -0.2) is 26.3 Å². The van der Waals surface area contributed by atoms with Gasteiger partial charge in [-0.3, -0.25) is 10.2 Å². The predicted octanol–water partition coefficient (Wildman–Crippen LogP) is 1.80. The number of hydrogen-bond acceptors (Lipinski definition) is 4. The lowest BCUT2D eigenvalue weighted by Crippen LogP contribution is -2.16. The van der Waals surface area contributed by atoms with Crippen LogP contribution in [0.4, 0.5) is 0 Å². The quantitative estimate of drug-likeness (QED) is 0.475. The van der Waals surface area contributed by atoms with Crippen LogP contribution >= 0.6 is 0 Å². The zero-order chi connectivity index (χ0) is 15.5. The highest BCUT2D eigenvalue weighted by molar-refractivity contribution is 7.90. The van der Waals surface area contributed by atoms with Gasteiger partial charge in [0.25, 0.3) is 0 Å². The predicted molar refractivity (Wildman–Crippen MR) is 79.0 cm³/mol. The van der Waals surface area contributed by atoms with Crippen LogP contribution in [-0.2, 0) is 16.3 Å². The van der Waals surface area contributed by atoms with Crippen molar-refractivity contribution in [3.05, 3.63) is 29.3 Å². The number of nitrogens with one attached hydrogen (secondary N) is 1. The Morgan fingerprint density at radius 1 is 1.35 bits per heavy atom. The van der Waals surface area contributed by atoms with Crippen LogP contribution in [0.1, 0.15) is 36.2 Å². The molecule has 110 valence electrons. The summed E-state index contributed by atoms with van der Waals surface area (Å²) in [5, 5.41) is 7.12. The van der Waals surface area contributed by atoms with Crippen molar-refractivity contribution in [1.82, 2.24) is 0 Å². The second kappa shape index (κ2) is 6.17. The Balaban J connectivity index is 3.28. The first-order valence-electron chi connectivity index (χ1n) is 6.30. The summed E-state index contributed by atoms with van der Waals surface area (Å²) in [5.41, 5.74) is 6.18. The molecule has 0 unspecified atom stereocenters. The lowest BCUT2D eigenvalue weighted by atomic mass is 9.99. The summed E-state index contributed by atoms with van der Waals surface area (Å²) in [6.45, 7) is 4.00. The molecule has 20 heavy (non-hydrogen) atoms. The highest BCUT2D eigenvalue weighted by Gasteiger charge is 2.17. The number of benzene rings is 1. The Bertz CT molecular complexity index is 634. The van der Waals surface area contributed by atoms with E-state index in [1.54, 1.807) is 12.1 Å². The van der Waals surface area contributed by atoms with Gasteiger partial charge in [-0.1, -0.05) is 26.0 Å². The summed E-state index contributed by atoms with van der Waals surface area (Å²) in [6.07, 6.45) is 1.56. The Morgan fingerprint density at radius 2 is 1.95 bits per heavy atom. The average molecular weight is 296 g/mol. The fourth-order valence-corrected chi connectivity index (χ4v) is 2.93. The number of carbonyl (C=O) groups is 1. The van der Waals surface area contributed by atoms with Gasteiger partial charge in [-0.2, -0.15) is 0 Å². The molecule has 0 fully saturated rings. The third kappa shape index (κ3) is 4.45. The number of hydrogen-bond donors (Lipinski definition) is 2. The molecule has 0 aliphatic heterocycles. The second-order valence-corrected chi connectivity index (χ2v) is 7.30. The van der Waals surface area contributed by atoms with Gasteiger partial charge in [0.15, 0.2) is 15.6 Å². The van der Waals surface area contributed by atoms with E-state index in [1.807, 2.05) is 13.8 Å². The zero-order valence-corrected chi connectivity index (χ0v) is 12.8. The molecule has 0 saturated carbocycles. The highest BCUT2D eigenvalue weighted by Crippen LogP contribution is 2.21. The zero-order valence-electron chi connectivity index (χ0n) is 11.9. The van der Waals surface area contributed by atoms with Gasteiger partial charge in [0, 0.05) is 11.8 Å². The molecule has 6 heteroatoms. The van der Waals surface area contributed by atoms with Crippen LogP contribution in [0.15, 0.2) is 23.1 Å². The van der Waals surface area contributed by atoms with Gasteiger partial charge < -0.3 is 5.73 Å². The van der Waals surface area contributed by atoms with E-state index >= 15 is 0 Å². The van der Waals surface area contributed by atoms with Gasteiger partial charge in [0.2, 0.25) is 0 Å². The van der Waals surface area contributed by atoms with Crippen LogP contribution in [0.5, 0.6) is 0 Å². The first-order chi connectivity index (χ1) is 9.11. The van der Waals surface area contributed by atoms with Crippen molar-refractivity contribution in [2.75, 3.05) is 6.26 Å². The number of carbonyl (C=O) groups excluding carboxylic acids is 1. The van der Waals surface area contributed by atoms with Crippen molar-refractivity contribution in [1.29, 1.82) is 5.41 Å². The van der Waals surface area contributed by atoms with E-state index in [-0.39, 0.29) is 28.5 Å². The molecule has 1 aromatic carbocycles. The Morgan fingerprint density at radius 3 is 2.40 bits per heavy atom. The van der Waals surface area contributed by atoms with E-state index in [0.29, 0.717) is 17.9 Å². The van der Waals surface area contributed by atoms with E-state index < -0.39 is 9.84 Å². The van der Waals surface area contributed by atoms with Crippen molar-refractivity contribution >= 4 is 21.5 Å². The van der Waals surface area contributed by atoms with Gasteiger partial charge in [-0.05, 0) is 24.0 Å². The van der Waals surface area contributed by atoms with E-state index in [2.05, 4.69) is 0 Å². The molecule has 1 rings (SSSR count). The minimum Gasteiger partial charge on any atom is -0.387 e. The summed E-state index contributed by atoms with van der Waals surface area (Å²) in [7, 11) is -3.40. The summed E-state index contributed by atoms with van der Waals surface area (Å²) in [6, 6.07) is 4.65. The summed E-state index contributed by atoms with van der Waals surface area (Å²) < 4.78 is 23.7. The number of sulfone groups is 1. The molecule has 0 aliphatic rings. The summed E-state index contributed by atoms with van der Waals surface area (Å²) >= 11 is 0. The van der Waals surface area contributed by atoms with Gasteiger partial charge >= 0.3 is 0 Å². The van der Waals surface area contributed by atoms with Crippen LogP contribution in [0.3, 0.4) is 0 Å². The van der Waals surface area contributed by atoms with Crippen molar-refractivity contribution in [2.24, 2.45) is 11.7 Å². The molecule has 3 N–H and O–H groups in total. The van der Waals surface area contributed by atoms with Crippen LogP contribution in [0, 0.1) is 11.3 Å². The molecule has 0 aliphatic carbocycles. The molecule has 0 aromatic heterocycles. The fraction of sp³-hybridized carbons (Fsp3) is 0.429. The van der Waals surface area contributed by atoms with Gasteiger partial charge in [0.1, 0.15) is 0 Å². The largest absolute Gasteiger partial charge is 0.387 e. The maximum atomic E-state index is 11.9. The first kappa shape index (κ1) is 16.4. The highest BCUT2D eigenvalue weighted by atomic mass is 32.2. The maximum Gasteiger partial charge on any atom is 0.175 e. The fourth-order valence-electron chi connectivity index (χ4n) is 1.96. The summed E-state index contributed by atoms with van der Waals surface area (Å²) in [4.78, 5) is 12.0. The molecule has 0 radical (unpaired) electrons. The minimum absolute atomic E-state index is 0.181. The standard InChI is InChI=1S/C14H20N2O3S/c1-9(2)6-11-5-4-10(12(17)8-14(15)16)7-13(11)20(3,18)19/h4-5,7,9H,6,8H2,1-3H3,(H3,15,16). The molecule has 5 nitrogen and oxygen atoms in total. The molecule has 0 heterocycles. The van der Waals surface area contributed by atoms with Crippen molar-refractivity contribution in [3.63, 3.8) is 0 Å². The van der Waals surface area contributed by atoms with Gasteiger partial charge in [-0.25, -0.2) is 8.42 Å². The molecule has 0 saturated heterocycles. The lowest BCUT2D eigenvalue weighted by Gasteiger charge is -2.12. The number of nitrogens with two attached hydrogens (primary N) is 1. The van der Waals surface area contributed by atoms with Crippen LogP contribution in [0.25, 0.3) is 0 Å². The van der Waals surface area contributed by atoms with Crippen molar-refractivity contribution < 1.29 is 13.2 Å². The van der Waals surface area contributed by atoms with E-state index in [0.717, 1.165) is 6.26 Å². The molecule has 0 bridgehead atoms. The van der Waals surface area contributed by atoms with Crippen molar-refractivity contribution in [2.45, 2.75) is 31.6 Å². The van der Waals surface area contributed by atoms with E-state index in [1.165, 1.54) is 6.07 Å². The number of amidine groups is 1. The molecule has 0 amide bonds. The first-order valence-corrected chi connectivity index (χ1v) is 8.19. The molecule has 0 atom stereocenters. The molecular formula is C14H20N2O3S. The molecular weight excluding hydrogens is 276 g/mol. The number of rotatable bonds is 6. The minimum atomic E-state index is -3.40. The number of Topliss-reactive ketones (excluding diaryl/α,β-unsaturated/α-hetero) is 1. The SMILES string of the molecule is CC(C)Cc1ccc(C(=O)CC(=N)N)cc1S(C)(=O)=O. The molecule has 1 aromatic rings. The molecule has 0 spiro atoms.